The number of nitrogens with one attached hydrogen (secondary N) is 1. The molecule has 0 saturated carbocycles. The van der Waals surface area contributed by atoms with Gasteiger partial charge in [-0.2, -0.15) is 0 Å². The smallest absolute Gasteiger partial charge is 0.209 e. The highest BCUT2D eigenvalue weighted by molar-refractivity contribution is 6.01. The molecule has 0 radical (unpaired) electrons. The Balaban J connectivity index is 1.42. The maximum atomic E-state index is 14.1. The van der Waals surface area contributed by atoms with Crippen molar-refractivity contribution in [1.29, 1.82) is 0 Å². The van der Waals surface area contributed by atoms with Crippen molar-refractivity contribution in [1.82, 2.24) is 9.55 Å². The first-order valence-electron chi connectivity index (χ1n) is 13.9. The van der Waals surface area contributed by atoms with Gasteiger partial charge in [-0.05, 0) is 86.6 Å². The first-order valence-corrected chi connectivity index (χ1v) is 13.9. The molecule has 0 saturated heterocycles. The van der Waals surface area contributed by atoms with Gasteiger partial charge in [0.2, 0.25) is 5.95 Å². The van der Waals surface area contributed by atoms with Gasteiger partial charge in [-0.1, -0.05) is 48.5 Å². The number of aromatic nitrogens is 2. The molecule has 39 heavy (non-hydrogen) atoms. The lowest BCUT2D eigenvalue weighted by Gasteiger charge is -2.41. The molecule has 196 valence electrons. The average Bonchev–Trinajstić information content (AvgIpc) is 3.28. The van der Waals surface area contributed by atoms with E-state index in [9.17, 15) is 4.79 Å². The number of para-hydroxylation sites is 2. The summed E-state index contributed by atoms with van der Waals surface area (Å²) in [6.45, 7) is 8.82. The molecule has 3 heterocycles. The quantitative estimate of drug-likeness (QED) is 0.303. The molecule has 2 atom stereocenters. The Morgan fingerprint density at radius 3 is 2.56 bits per heavy atom. The lowest BCUT2D eigenvalue weighted by atomic mass is 9.76. The molecule has 1 aromatic heterocycles. The maximum Gasteiger partial charge on any atom is 0.209 e. The molecule has 2 aliphatic heterocycles. The minimum absolute atomic E-state index is 0.0549. The van der Waals surface area contributed by atoms with E-state index in [-0.39, 0.29) is 23.3 Å². The molecule has 0 bridgehead atoms. The van der Waals surface area contributed by atoms with Crippen LogP contribution < -0.4 is 10.2 Å². The van der Waals surface area contributed by atoms with Crippen LogP contribution in [0.3, 0.4) is 0 Å². The van der Waals surface area contributed by atoms with Crippen molar-refractivity contribution in [3.63, 3.8) is 0 Å². The van der Waals surface area contributed by atoms with E-state index < -0.39 is 0 Å². The number of benzene rings is 3. The minimum atomic E-state index is -0.229. The average molecular weight is 515 g/mol. The van der Waals surface area contributed by atoms with Crippen LogP contribution in [0.5, 0.6) is 0 Å². The lowest BCUT2D eigenvalue weighted by molar-refractivity contribution is -0.116. The van der Waals surface area contributed by atoms with Gasteiger partial charge in [-0.15, -0.1) is 0 Å². The van der Waals surface area contributed by atoms with Crippen LogP contribution in [-0.4, -0.2) is 27.9 Å². The van der Waals surface area contributed by atoms with Gasteiger partial charge in [0.15, 0.2) is 5.78 Å². The molecule has 0 unspecified atom stereocenters. The third-order valence-electron chi connectivity index (χ3n) is 9.08. The van der Waals surface area contributed by atoms with Crippen LogP contribution in [0.15, 0.2) is 84.1 Å². The number of nitrogens with zero attached hydrogens (tertiary/aromatic N) is 3. The number of imidazole rings is 1. The van der Waals surface area contributed by atoms with Crippen molar-refractivity contribution >= 4 is 34.0 Å². The van der Waals surface area contributed by atoms with Crippen LogP contribution in [0.2, 0.25) is 0 Å². The van der Waals surface area contributed by atoms with Gasteiger partial charge in [0.25, 0.3) is 0 Å². The Bertz CT molecular complexity index is 1740. The highest BCUT2D eigenvalue weighted by atomic mass is 16.1. The van der Waals surface area contributed by atoms with E-state index in [1.54, 1.807) is 0 Å². The summed E-state index contributed by atoms with van der Waals surface area (Å²) in [4.78, 5) is 21.4. The van der Waals surface area contributed by atoms with Crippen molar-refractivity contribution in [2.75, 3.05) is 17.3 Å². The molecule has 0 amide bonds. The summed E-state index contributed by atoms with van der Waals surface area (Å²) in [7, 11) is 2.16. The summed E-state index contributed by atoms with van der Waals surface area (Å²) in [6.07, 6.45) is 3.65. The lowest BCUT2D eigenvalue weighted by Crippen LogP contribution is -2.42. The molecular formula is C34H34N4O. The number of allylic oxidation sites excluding steroid dienone is 3. The Morgan fingerprint density at radius 2 is 1.74 bits per heavy atom. The number of ketones is 1. The Hall–Kier alpha value is -4.12. The largest absolute Gasteiger partial charge is 0.366 e. The number of carbonyl (C=O) groups is 1. The second-order valence-electron chi connectivity index (χ2n) is 11.9. The van der Waals surface area contributed by atoms with Gasteiger partial charge in [-0.25, -0.2) is 4.98 Å². The molecule has 3 aromatic carbocycles. The van der Waals surface area contributed by atoms with Gasteiger partial charge >= 0.3 is 0 Å². The number of hydrogen-bond donors (Lipinski definition) is 1. The monoisotopic (exact) mass is 514 g/mol. The van der Waals surface area contributed by atoms with Crippen molar-refractivity contribution in [3.05, 3.63) is 106 Å². The summed E-state index contributed by atoms with van der Waals surface area (Å²) < 4.78 is 2.23. The van der Waals surface area contributed by atoms with E-state index in [1.807, 2.05) is 18.2 Å². The standard InChI is InChI=1S/C34H34N4O/c1-20-10-6-7-11-24(20)23-17-27-31(30(39)18-23)32(38-29-13-9-8-12-26(29)35-33(38)36-27)22-14-15-28-25(16-22)21(2)19-34(3,4)37(28)5/h6-16,19,23,32H,17-18H2,1-5H3,(H,35,36)/t23-,32+/m1/s1. The van der Waals surface area contributed by atoms with Crippen LogP contribution in [0, 0.1) is 6.92 Å². The topological polar surface area (TPSA) is 50.2 Å². The van der Waals surface area contributed by atoms with Crippen molar-refractivity contribution in [3.8, 4) is 0 Å². The zero-order chi connectivity index (χ0) is 27.1. The highest BCUT2D eigenvalue weighted by Gasteiger charge is 2.40. The van der Waals surface area contributed by atoms with Crippen LogP contribution >= 0.6 is 0 Å². The zero-order valence-electron chi connectivity index (χ0n) is 23.2. The predicted octanol–water partition coefficient (Wildman–Crippen LogP) is 7.39. The van der Waals surface area contributed by atoms with Crippen molar-refractivity contribution in [2.24, 2.45) is 0 Å². The number of fused-ring (bicyclic) bond motifs is 4. The zero-order valence-corrected chi connectivity index (χ0v) is 23.2. The number of likely N-dealkylation sites (N-methyl/N-ethyl adjacent to an activating group) is 1. The second kappa shape index (κ2) is 8.44. The summed E-state index contributed by atoms with van der Waals surface area (Å²) in [6, 6.07) is 23.2. The molecule has 7 rings (SSSR count). The van der Waals surface area contributed by atoms with E-state index in [4.69, 9.17) is 4.98 Å². The number of carbonyl (C=O) groups excluding carboxylic acids is 1. The number of aryl methyl sites for hydroxylation is 1. The molecule has 4 aromatic rings. The minimum Gasteiger partial charge on any atom is -0.366 e. The van der Waals surface area contributed by atoms with Crippen LogP contribution in [0.25, 0.3) is 16.6 Å². The van der Waals surface area contributed by atoms with Gasteiger partial charge in [0.1, 0.15) is 0 Å². The van der Waals surface area contributed by atoms with Crippen LogP contribution in [0.4, 0.5) is 11.6 Å². The van der Waals surface area contributed by atoms with Crippen LogP contribution in [0.1, 0.15) is 67.8 Å². The van der Waals surface area contributed by atoms with Gasteiger partial charge in [-0.3, -0.25) is 9.36 Å². The van der Waals surface area contributed by atoms with Crippen LogP contribution in [-0.2, 0) is 4.79 Å². The fourth-order valence-corrected chi connectivity index (χ4v) is 6.95. The number of hydrogen-bond acceptors (Lipinski definition) is 4. The Morgan fingerprint density at radius 1 is 0.974 bits per heavy atom. The fraction of sp³-hybridized carbons (Fsp3) is 0.294. The number of anilines is 2. The van der Waals surface area contributed by atoms with Gasteiger partial charge < -0.3 is 10.2 Å². The summed E-state index contributed by atoms with van der Waals surface area (Å²) in [5.74, 6) is 1.18. The van der Waals surface area contributed by atoms with E-state index in [2.05, 4.69) is 104 Å². The van der Waals surface area contributed by atoms with Gasteiger partial charge in [0.05, 0.1) is 22.6 Å². The normalized spacial score (nSPS) is 21.7. The molecule has 1 N–H and O–H groups in total. The SMILES string of the molecule is CC1=CC(C)(C)N(C)c2ccc([C@H]3C4=C(C[C@@H](c5ccccc5C)CC4=O)Nc4nc5ccccc5n43)cc21. The third-order valence-corrected chi connectivity index (χ3v) is 9.08. The first-order chi connectivity index (χ1) is 18.7. The molecule has 5 nitrogen and oxygen atoms in total. The molecular weight excluding hydrogens is 480 g/mol. The van der Waals surface area contributed by atoms with E-state index in [0.29, 0.717) is 6.42 Å². The fourth-order valence-electron chi connectivity index (χ4n) is 6.95. The predicted molar refractivity (Wildman–Crippen MR) is 159 cm³/mol. The number of rotatable bonds is 2. The number of Topliss-reactive ketones (excluding diaryl/α,β-unsaturated/α-hetero) is 1. The van der Waals surface area contributed by atoms with E-state index in [1.165, 1.54) is 28.0 Å². The molecule has 3 aliphatic rings. The van der Waals surface area contributed by atoms with Gasteiger partial charge in [0, 0.05) is 36.0 Å². The third kappa shape index (κ3) is 3.59. The molecule has 5 heteroatoms. The molecule has 1 aliphatic carbocycles. The summed E-state index contributed by atoms with van der Waals surface area (Å²) in [5, 5.41) is 3.62. The Kier molecular flexibility index (Phi) is 5.18. The van der Waals surface area contributed by atoms with Crippen molar-refractivity contribution in [2.45, 2.75) is 58.0 Å². The molecule has 0 spiro atoms. The maximum absolute atomic E-state index is 14.1. The summed E-state index contributed by atoms with van der Waals surface area (Å²) >= 11 is 0. The van der Waals surface area contributed by atoms with Crippen molar-refractivity contribution < 1.29 is 4.79 Å². The summed E-state index contributed by atoms with van der Waals surface area (Å²) in [5.41, 5.74) is 11.1. The Labute approximate surface area is 229 Å². The second-order valence-corrected chi connectivity index (χ2v) is 11.9. The first kappa shape index (κ1) is 24.0. The van der Waals surface area contributed by atoms with E-state index >= 15 is 0 Å². The molecule has 0 fully saturated rings. The highest BCUT2D eigenvalue weighted by Crippen LogP contribution is 2.48. The van der Waals surface area contributed by atoms with E-state index in [0.717, 1.165) is 40.2 Å².